The molecule has 1 unspecified atom stereocenters. The maximum absolute atomic E-state index is 12.8. The number of aliphatic hydroxyl groups excluding tert-OH is 1. The van der Waals surface area contributed by atoms with E-state index in [1.165, 1.54) is 0 Å². The second kappa shape index (κ2) is 5.74. The van der Waals surface area contributed by atoms with Crippen molar-refractivity contribution in [2.24, 2.45) is 0 Å². The molecule has 110 valence electrons. The molecule has 0 saturated heterocycles. The molecule has 1 N–H and O–H groups in total. The molecular formula is C17H19NO3. The van der Waals surface area contributed by atoms with Gasteiger partial charge in [-0.15, -0.1) is 0 Å². The molecule has 1 aliphatic heterocycles. The van der Waals surface area contributed by atoms with Crippen LogP contribution in [0.2, 0.25) is 0 Å². The van der Waals surface area contributed by atoms with Gasteiger partial charge in [-0.1, -0.05) is 25.1 Å². The summed E-state index contributed by atoms with van der Waals surface area (Å²) in [6.45, 7) is 2.58. The zero-order valence-corrected chi connectivity index (χ0v) is 12.1. The fraction of sp³-hybridized carbons (Fsp3) is 0.353. The van der Waals surface area contributed by atoms with Crippen molar-refractivity contribution in [3.8, 4) is 0 Å². The van der Waals surface area contributed by atoms with Gasteiger partial charge in [-0.3, -0.25) is 4.79 Å². The molecule has 3 rings (SSSR count). The molecule has 0 fully saturated rings. The van der Waals surface area contributed by atoms with Crippen LogP contribution in [0.15, 0.2) is 41.0 Å². The molecule has 0 aliphatic carbocycles. The number of anilines is 1. The second-order valence-electron chi connectivity index (χ2n) is 5.28. The molecule has 1 amide bonds. The van der Waals surface area contributed by atoms with Crippen molar-refractivity contribution in [1.29, 1.82) is 0 Å². The first kappa shape index (κ1) is 13.9. The minimum atomic E-state index is -0.506. The first-order valence-electron chi connectivity index (χ1n) is 7.37. The van der Waals surface area contributed by atoms with Crippen LogP contribution in [0.25, 0.3) is 0 Å². The number of carbonyl (C=O) groups excluding carboxylic acids is 1. The van der Waals surface area contributed by atoms with Crippen LogP contribution < -0.4 is 4.90 Å². The molecule has 21 heavy (non-hydrogen) atoms. The predicted molar refractivity (Wildman–Crippen MR) is 80.4 cm³/mol. The highest BCUT2D eigenvalue weighted by Gasteiger charge is 2.27. The summed E-state index contributed by atoms with van der Waals surface area (Å²) in [4.78, 5) is 14.6. The Labute approximate surface area is 124 Å². The molecule has 4 nitrogen and oxygen atoms in total. The van der Waals surface area contributed by atoms with Gasteiger partial charge in [-0.05, 0) is 25.0 Å². The topological polar surface area (TPSA) is 53.7 Å². The first-order chi connectivity index (χ1) is 10.2. The van der Waals surface area contributed by atoms with E-state index in [0.717, 1.165) is 17.7 Å². The Bertz CT molecular complexity index is 647. The number of hydrogen-bond acceptors (Lipinski definition) is 3. The van der Waals surface area contributed by atoms with Crippen molar-refractivity contribution in [3.05, 3.63) is 53.5 Å². The lowest BCUT2D eigenvalue weighted by Crippen LogP contribution is -2.32. The van der Waals surface area contributed by atoms with E-state index in [1.807, 2.05) is 31.2 Å². The van der Waals surface area contributed by atoms with Crippen LogP contribution in [0.3, 0.4) is 0 Å². The van der Waals surface area contributed by atoms with E-state index in [-0.39, 0.29) is 5.91 Å². The monoisotopic (exact) mass is 285 g/mol. The summed E-state index contributed by atoms with van der Waals surface area (Å²) in [5, 5.41) is 10.2. The number of aryl methyl sites for hydroxylation is 1. The van der Waals surface area contributed by atoms with Gasteiger partial charge >= 0.3 is 0 Å². The summed E-state index contributed by atoms with van der Waals surface area (Å²) >= 11 is 0. The van der Waals surface area contributed by atoms with E-state index >= 15 is 0 Å². The predicted octanol–water partition coefficient (Wildman–Crippen LogP) is 3.32. The third-order valence-electron chi connectivity index (χ3n) is 3.99. The van der Waals surface area contributed by atoms with E-state index in [9.17, 15) is 9.90 Å². The van der Waals surface area contributed by atoms with Crippen LogP contribution in [0, 0.1) is 0 Å². The number of rotatable bonds is 2. The van der Waals surface area contributed by atoms with Gasteiger partial charge in [-0.25, -0.2) is 0 Å². The molecule has 1 aliphatic rings. The summed E-state index contributed by atoms with van der Waals surface area (Å²) in [6.07, 6.45) is 3.19. The van der Waals surface area contributed by atoms with Crippen LogP contribution >= 0.6 is 0 Å². The maximum Gasteiger partial charge on any atom is 0.261 e. The summed E-state index contributed by atoms with van der Waals surface area (Å²) in [5.74, 6) is 0.657. The van der Waals surface area contributed by atoms with Crippen molar-refractivity contribution in [3.63, 3.8) is 0 Å². The molecule has 2 heterocycles. The molecule has 0 saturated carbocycles. The zero-order valence-electron chi connectivity index (χ0n) is 12.1. The number of furan rings is 1. The summed E-state index contributed by atoms with van der Waals surface area (Å²) in [5.41, 5.74) is 2.24. The molecule has 0 spiro atoms. The molecule has 0 radical (unpaired) electrons. The van der Waals surface area contributed by atoms with E-state index in [0.29, 0.717) is 30.7 Å². The minimum Gasteiger partial charge on any atom is -0.469 e. The average Bonchev–Trinajstić information content (AvgIpc) is 2.93. The number of hydrogen-bond donors (Lipinski definition) is 1. The maximum atomic E-state index is 12.8. The standard InChI is InChI=1S/C17H19NO3/c1-2-16-13(9-11-21-16)17(20)18-10-5-8-15(19)12-6-3-4-7-14(12)18/h3-4,6-7,9,11,15,19H,2,5,8,10H2,1H3. The SMILES string of the molecule is CCc1occc1C(=O)N1CCCC(O)c2ccccc21. The molecule has 1 aromatic carbocycles. The number of amides is 1. The van der Waals surface area contributed by atoms with E-state index in [4.69, 9.17) is 4.42 Å². The molecule has 0 bridgehead atoms. The van der Waals surface area contributed by atoms with Gasteiger partial charge in [0.25, 0.3) is 5.91 Å². The molecule has 1 aromatic heterocycles. The molecular weight excluding hydrogens is 266 g/mol. The van der Waals surface area contributed by atoms with Gasteiger partial charge in [0.05, 0.1) is 17.9 Å². The van der Waals surface area contributed by atoms with Crippen molar-refractivity contribution < 1.29 is 14.3 Å². The number of benzene rings is 1. The highest BCUT2D eigenvalue weighted by Crippen LogP contribution is 2.33. The molecule has 1 atom stereocenters. The van der Waals surface area contributed by atoms with Gasteiger partial charge < -0.3 is 14.4 Å². The summed E-state index contributed by atoms with van der Waals surface area (Å²) in [6, 6.07) is 9.30. The van der Waals surface area contributed by atoms with E-state index < -0.39 is 6.10 Å². The van der Waals surface area contributed by atoms with Gasteiger partial charge in [0, 0.05) is 24.2 Å². The average molecular weight is 285 g/mol. The van der Waals surface area contributed by atoms with E-state index in [1.54, 1.807) is 17.2 Å². The van der Waals surface area contributed by atoms with Crippen LogP contribution in [0.4, 0.5) is 5.69 Å². The lowest BCUT2D eigenvalue weighted by atomic mass is 10.0. The fourth-order valence-corrected chi connectivity index (χ4v) is 2.90. The highest BCUT2D eigenvalue weighted by molar-refractivity contribution is 6.07. The normalized spacial score (nSPS) is 18.2. The minimum absolute atomic E-state index is 0.0536. The van der Waals surface area contributed by atoms with Gasteiger partial charge in [-0.2, -0.15) is 0 Å². The van der Waals surface area contributed by atoms with Gasteiger partial charge in [0.1, 0.15) is 5.76 Å². The van der Waals surface area contributed by atoms with Crippen LogP contribution in [-0.2, 0) is 6.42 Å². The Morgan fingerprint density at radius 3 is 3.00 bits per heavy atom. The number of carbonyl (C=O) groups is 1. The van der Waals surface area contributed by atoms with Gasteiger partial charge in [0.15, 0.2) is 0 Å². The zero-order chi connectivity index (χ0) is 14.8. The second-order valence-corrected chi connectivity index (χ2v) is 5.28. The van der Waals surface area contributed by atoms with Crippen molar-refractivity contribution in [1.82, 2.24) is 0 Å². The third kappa shape index (κ3) is 2.47. The largest absolute Gasteiger partial charge is 0.469 e. The number of aliphatic hydroxyl groups is 1. The lowest BCUT2D eigenvalue weighted by Gasteiger charge is -2.23. The Hall–Kier alpha value is -2.07. The number of para-hydroxylation sites is 1. The molecule has 4 heteroatoms. The lowest BCUT2D eigenvalue weighted by molar-refractivity contribution is 0.0984. The quantitative estimate of drug-likeness (QED) is 0.921. The Morgan fingerprint density at radius 2 is 2.19 bits per heavy atom. The van der Waals surface area contributed by atoms with Crippen LogP contribution in [0.5, 0.6) is 0 Å². The molecule has 2 aromatic rings. The van der Waals surface area contributed by atoms with Crippen molar-refractivity contribution >= 4 is 11.6 Å². The number of fused-ring (bicyclic) bond motifs is 1. The smallest absolute Gasteiger partial charge is 0.261 e. The van der Waals surface area contributed by atoms with E-state index in [2.05, 4.69) is 0 Å². The third-order valence-corrected chi connectivity index (χ3v) is 3.99. The van der Waals surface area contributed by atoms with Gasteiger partial charge in [0.2, 0.25) is 0 Å². The summed E-state index contributed by atoms with van der Waals surface area (Å²) < 4.78 is 5.37. The Kier molecular flexibility index (Phi) is 3.80. The first-order valence-corrected chi connectivity index (χ1v) is 7.37. The fourth-order valence-electron chi connectivity index (χ4n) is 2.90. The van der Waals surface area contributed by atoms with Crippen LogP contribution in [0.1, 0.15) is 47.6 Å². The van der Waals surface area contributed by atoms with Crippen molar-refractivity contribution in [2.45, 2.75) is 32.3 Å². The van der Waals surface area contributed by atoms with Crippen molar-refractivity contribution in [2.75, 3.05) is 11.4 Å². The Morgan fingerprint density at radius 1 is 1.38 bits per heavy atom. The van der Waals surface area contributed by atoms with Crippen LogP contribution in [-0.4, -0.2) is 17.6 Å². The number of nitrogens with zero attached hydrogens (tertiary/aromatic N) is 1. The Balaban J connectivity index is 2.02. The highest BCUT2D eigenvalue weighted by atomic mass is 16.3. The summed E-state index contributed by atoms with van der Waals surface area (Å²) in [7, 11) is 0.